The van der Waals surface area contributed by atoms with Crippen molar-refractivity contribution >= 4 is 17.8 Å². The number of hydrogen-bond donors (Lipinski definition) is 2. The first kappa shape index (κ1) is 25.1. The Morgan fingerprint density at radius 1 is 1.06 bits per heavy atom. The molecule has 0 spiro atoms. The second-order valence-electron chi connectivity index (χ2n) is 8.23. The fourth-order valence-corrected chi connectivity index (χ4v) is 3.82. The quantitative estimate of drug-likeness (QED) is 0.377. The Labute approximate surface area is 197 Å². The molecule has 180 valence electrons. The van der Waals surface area contributed by atoms with Gasteiger partial charge in [-0.2, -0.15) is 13.2 Å². The summed E-state index contributed by atoms with van der Waals surface area (Å²) in [5.41, 5.74) is 11.1. The number of carbonyl (C=O) groups is 1. The van der Waals surface area contributed by atoms with Crippen LogP contribution in [0.4, 0.5) is 24.5 Å². The number of benzene rings is 2. The van der Waals surface area contributed by atoms with Crippen LogP contribution in [0.2, 0.25) is 0 Å². The van der Waals surface area contributed by atoms with E-state index in [9.17, 15) is 18.0 Å². The fraction of sp³-hybridized carbons (Fsp3) is 0.308. The second kappa shape index (κ2) is 11.5. The lowest BCUT2D eigenvalue weighted by molar-refractivity contribution is -0.137. The molecule has 1 aliphatic heterocycles. The van der Waals surface area contributed by atoms with Gasteiger partial charge in [0.2, 0.25) is 6.41 Å². The number of hydrogen-bond acceptors (Lipinski definition) is 4. The van der Waals surface area contributed by atoms with Crippen LogP contribution in [0, 0.1) is 6.92 Å². The molecule has 34 heavy (non-hydrogen) atoms. The highest BCUT2D eigenvalue weighted by Gasteiger charge is 2.30. The molecule has 1 amide bonds. The number of nitrogens with zero attached hydrogens (tertiary/aromatic N) is 2. The molecule has 1 aliphatic rings. The fourth-order valence-electron chi connectivity index (χ4n) is 3.82. The summed E-state index contributed by atoms with van der Waals surface area (Å²) in [7, 11) is 0. The van der Waals surface area contributed by atoms with Gasteiger partial charge < -0.3 is 16.0 Å². The first-order chi connectivity index (χ1) is 16.3. The average molecular weight is 471 g/mol. The molecule has 0 aliphatic carbocycles. The first-order valence-electron chi connectivity index (χ1n) is 11.2. The third kappa shape index (κ3) is 6.97. The number of carbonyl (C=O) groups excluding carboxylic acids is 1. The van der Waals surface area contributed by atoms with Gasteiger partial charge in [0, 0.05) is 42.8 Å². The van der Waals surface area contributed by atoms with E-state index in [1.807, 2.05) is 18.3 Å². The Bertz CT molecular complexity index is 1100. The van der Waals surface area contributed by atoms with Crippen molar-refractivity contribution in [1.82, 2.24) is 10.3 Å². The zero-order valence-electron chi connectivity index (χ0n) is 19.1. The lowest BCUT2D eigenvalue weighted by atomic mass is 10.0. The molecule has 2 aromatic carbocycles. The Hall–Kier alpha value is -3.55. The van der Waals surface area contributed by atoms with E-state index < -0.39 is 11.7 Å². The topological polar surface area (TPSA) is 71.2 Å². The van der Waals surface area contributed by atoms with Gasteiger partial charge >= 0.3 is 6.18 Å². The molecular weight excluding hydrogens is 441 g/mol. The highest BCUT2D eigenvalue weighted by atomic mass is 19.4. The summed E-state index contributed by atoms with van der Waals surface area (Å²) >= 11 is 0. The molecule has 0 radical (unpaired) electrons. The number of nitrogens with one attached hydrogen (secondary N) is 1. The molecule has 4 rings (SSSR count). The summed E-state index contributed by atoms with van der Waals surface area (Å²) in [5.74, 6) is 0. The zero-order chi connectivity index (χ0) is 24.6. The molecule has 0 bridgehead atoms. The van der Waals surface area contributed by atoms with Gasteiger partial charge in [-0.3, -0.25) is 9.78 Å². The Morgan fingerprint density at radius 2 is 1.82 bits per heavy atom. The number of aryl methyl sites for hydroxylation is 1. The highest BCUT2D eigenvalue weighted by molar-refractivity contribution is 5.78. The monoisotopic (exact) mass is 470 g/mol. The van der Waals surface area contributed by atoms with Crippen molar-refractivity contribution in [3.8, 4) is 11.3 Å². The van der Waals surface area contributed by atoms with E-state index in [4.69, 9.17) is 5.73 Å². The van der Waals surface area contributed by atoms with Crippen molar-refractivity contribution in [3.63, 3.8) is 0 Å². The van der Waals surface area contributed by atoms with E-state index in [1.165, 1.54) is 42.6 Å². The summed E-state index contributed by atoms with van der Waals surface area (Å²) in [6.07, 6.45) is 1.86. The summed E-state index contributed by atoms with van der Waals surface area (Å²) in [6, 6.07) is 15.2. The molecule has 1 fully saturated rings. The van der Waals surface area contributed by atoms with E-state index >= 15 is 0 Å². The second-order valence-corrected chi connectivity index (χ2v) is 8.23. The Balaban J connectivity index is 0.000000204. The molecule has 2 heterocycles. The van der Waals surface area contributed by atoms with E-state index in [2.05, 4.69) is 40.3 Å². The van der Waals surface area contributed by atoms with Crippen LogP contribution >= 0.6 is 0 Å². The molecule has 3 N–H and O–H groups in total. The van der Waals surface area contributed by atoms with E-state index in [-0.39, 0.29) is 6.54 Å². The van der Waals surface area contributed by atoms with Crippen LogP contribution in [-0.2, 0) is 17.5 Å². The SMILES string of the molecule is Cc1ccnc(-c2cc(N3CCCCC3)ccc2N)c1.O=CNCc1cccc(C(F)(F)F)c1. The molecular formula is C26H29F3N4O. The maximum absolute atomic E-state index is 12.2. The van der Waals surface area contributed by atoms with Crippen molar-refractivity contribution in [2.24, 2.45) is 0 Å². The van der Waals surface area contributed by atoms with E-state index in [0.29, 0.717) is 12.0 Å². The number of nitrogen functional groups attached to an aromatic ring is 1. The molecule has 1 saturated heterocycles. The lowest BCUT2D eigenvalue weighted by Crippen LogP contribution is -2.29. The van der Waals surface area contributed by atoms with E-state index in [0.717, 1.165) is 42.2 Å². The predicted octanol–water partition coefficient (Wildman–Crippen LogP) is 5.58. The van der Waals surface area contributed by atoms with Crippen LogP contribution in [0.25, 0.3) is 11.3 Å². The van der Waals surface area contributed by atoms with Gasteiger partial charge in [0.25, 0.3) is 0 Å². The summed E-state index contributed by atoms with van der Waals surface area (Å²) < 4.78 is 36.6. The number of nitrogens with two attached hydrogens (primary N) is 1. The smallest absolute Gasteiger partial charge is 0.398 e. The molecule has 3 aromatic rings. The minimum atomic E-state index is -4.34. The molecule has 0 saturated carbocycles. The van der Waals surface area contributed by atoms with E-state index in [1.54, 1.807) is 0 Å². The maximum atomic E-state index is 12.2. The zero-order valence-corrected chi connectivity index (χ0v) is 19.1. The maximum Gasteiger partial charge on any atom is 0.416 e. The minimum absolute atomic E-state index is 0.105. The van der Waals surface area contributed by atoms with Crippen molar-refractivity contribution < 1.29 is 18.0 Å². The summed E-state index contributed by atoms with van der Waals surface area (Å²) in [4.78, 5) is 16.8. The van der Waals surface area contributed by atoms with Crippen molar-refractivity contribution in [3.05, 3.63) is 77.5 Å². The first-order valence-corrected chi connectivity index (χ1v) is 11.2. The van der Waals surface area contributed by atoms with Crippen LogP contribution in [0.3, 0.4) is 0 Å². The van der Waals surface area contributed by atoms with Gasteiger partial charge in [0.15, 0.2) is 0 Å². The van der Waals surface area contributed by atoms with Gasteiger partial charge in [0.1, 0.15) is 0 Å². The third-order valence-electron chi connectivity index (χ3n) is 5.59. The van der Waals surface area contributed by atoms with Crippen LogP contribution in [-0.4, -0.2) is 24.5 Å². The van der Waals surface area contributed by atoms with Crippen LogP contribution in [0.1, 0.15) is 36.0 Å². The standard InChI is InChI=1S/C17H21N3.C9H8F3NO/c1-13-7-8-19-17(11-13)15-12-14(5-6-16(15)18)20-9-3-2-4-10-20;10-9(11,12)8-3-1-2-7(4-8)5-13-6-14/h5-8,11-12H,2-4,9-10,18H2,1H3;1-4,6H,5H2,(H,13,14). The molecule has 0 unspecified atom stereocenters. The van der Waals surface area contributed by atoms with Crippen molar-refractivity contribution in [1.29, 1.82) is 0 Å². The van der Waals surface area contributed by atoms with Gasteiger partial charge in [-0.15, -0.1) is 0 Å². The number of rotatable bonds is 5. The lowest BCUT2D eigenvalue weighted by Gasteiger charge is -2.29. The minimum Gasteiger partial charge on any atom is -0.398 e. The normalized spacial score (nSPS) is 13.6. The molecule has 5 nitrogen and oxygen atoms in total. The number of anilines is 2. The van der Waals surface area contributed by atoms with Gasteiger partial charge in [-0.25, -0.2) is 0 Å². The number of amides is 1. The highest BCUT2D eigenvalue weighted by Crippen LogP contribution is 2.31. The van der Waals surface area contributed by atoms with Crippen molar-refractivity contribution in [2.75, 3.05) is 23.7 Å². The van der Waals surface area contributed by atoms with Gasteiger partial charge in [-0.1, -0.05) is 12.1 Å². The largest absolute Gasteiger partial charge is 0.416 e. The molecule has 0 atom stereocenters. The number of aromatic nitrogens is 1. The van der Waals surface area contributed by atoms with Crippen LogP contribution in [0.5, 0.6) is 0 Å². The predicted molar refractivity (Wildman–Crippen MR) is 129 cm³/mol. The Morgan fingerprint density at radius 3 is 2.50 bits per heavy atom. The number of alkyl halides is 3. The number of piperidine rings is 1. The Kier molecular flexibility index (Phi) is 8.51. The van der Waals surface area contributed by atoms with Crippen LogP contribution in [0.15, 0.2) is 60.8 Å². The average Bonchev–Trinajstić information content (AvgIpc) is 2.84. The van der Waals surface area contributed by atoms with Crippen molar-refractivity contribution in [2.45, 2.75) is 38.9 Å². The van der Waals surface area contributed by atoms with Gasteiger partial charge in [-0.05, 0) is 79.8 Å². The number of halogens is 3. The van der Waals surface area contributed by atoms with Gasteiger partial charge in [0.05, 0.1) is 11.3 Å². The number of pyridine rings is 1. The van der Waals surface area contributed by atoms with Crippen LogP contribution < -0.4 is 16.0 Å². The molecule has 1 aromatic heterocycles. The third-order valence-corrected chi connectivity index (χ3v) is 5.59. The summed E-state index contributed by atoms with van der Waals surface area (Å²) in [5, 5.41) is 2.30. The molecule has 8 heteroatoms. The summed E-state index contributed by atoms with van der Waals surface area (Å²) in [6.45, 7) is 4.47.